The van der Waals surface area contributed by atoms with Gasteiger partial charge in [-0.15, -0.1) is 0 Å². The second-order valence-corrected chi connectivity index (χ2v) is 8.25. The predicted molar refractivity (Wildman–Crippen MR) is 106 cm³/mol. The van der Waals surface area contributed by atoms with Crippen molar-refractivity contribution in [3.63, 3.8) is 0 Å². The molecule has 1 aromatic carbocycles. The maximum Gasteiger partial charge on any atom is 0.522 e. The van der Waals surface area contributed by atoms with Gasteiger partial charge in [-0.25, -0.2) is 4.79 Å². The van der Waals surface area contributed by atoms with Gasteiger partial charge in [0.05, 0.1) is 19.1 Å². The monoisotopic (exact) mass is 402 g/mol. The first-order valence-corrected chi connectivity index (χ1v) is 10.4. The third kappa shape index (κ3) is 4.07. The van der Waals surface area contributed by atoms with Crippen molar-refractivity contribution < 1.29 is 29.1 Å². The third-order valence-electron chi connectivity index (χ3n) is 6.23. The molecule has 1 amide bonds. The fourth-order valence-electron chi connectivity index (χ4n) is 4.49. The summed E-state index contributed by atoms with van der Waals surface area (Å²) in [6.07, 6.45) is 6.16. The van der Waals surface area contributed by atoms with E-state index in [1.165, 1.54) is 6.42 Å². The van der Waals surface area contributed by atoms with Crippen molar-refractivity contribution >= 4 is 19.0 Å². The molecule has 1 aliphatic carbocycles. The molecule has 2 aliphatic heterocycles. The highest BCUT2D eigenvalue weighted by atomic mass is 16.5. The summed E-state index contributed by atoms with van der Waals surface area (Å²) < 4.78 is 11.2. The molecule has 0 spiro atoms. The van der Waals surface area contributed by atoms with Crippen LogP contribution in [0.15, 0.2) is 12.1 Å². The van der Waals surface area contributed by atoms with E-state index in [4.69, 9.17) is 15.1 Å². The largest absolute Gasteiger partial charge is 0.535 e. The Balaban J connectivity index is 1.39. The average molecular weight is 402 g/mol. The van der Waals surface area contributed by atoms with Crippen LogP contribution in [-0.4, -0.2) is 59.3 Å². The van der Waals surface area contributed by atoms with E-state index in [9.17, 15) is 19.7 Å². The lowest BCUT2D eigenvalue weighted by atomic mass is 9.78. The van der Waals surface area contributed by atoms with Crippen LogP contribution in [0.4, 0.5) is 0 Å². The third-order valence-corrected chi connectivity index (χ3v) is 6.23. The van der Waals surface area contributed by atoms with E-state index >= 15 is 0 Å². The van der Waals surface area contributed by atoms with Crippen LogP contribution in [0.1, 0.15) is 48.0 Å². The number of rotatable bonds is 5. The van der Waals surface area contributed by atoms with Crippen LogP contribution in [0, 0.1) is 5.92 Å². The number of aryl methyl sites for hydroxylation is 1. The van der Waals surface area contributed by atoms with Crippen molar-refractivity contribution in [2.24, 2.45) is 11.7 Å². The van der Waals surface area contributed by atoms with Gasteiger partial charge in [-0.3, -0.25) is 4.79 Å². The van der Waals surface area contributed by atoms with Gasteiger partial charge in [-0.05, 0) is 43.1 Å². The Bertz CT molecular complexity index is 791. The fraction of sp³-hybridized carbons (Fsp3) is 0.600. The van der Waals surface area contributed by atoms with E-state index in [0.717, 1.165) is 31.2 Å². The lowest BCUT2D eigenvalue weighted by molar-refractivity contribution is -0.143. The summed E-state index contributed by atoms with van der Waals surface area (Å²) in [5.41, 5.74) is 6.86. The molecule has 0 bridgehead atoms. The molecule has 29 heavy (non-hydrogen) atoms. The minimum absolute atomic E-state index is 0.0490. The number of hydrogen-bond donors (Lipinski definition) is 3. The number of benzene rings is 1. The first-order chi connectivity index (χ1) is 13.9. The Morgan fingerprint density at radius 3 is 2.66 bits per heavy atom. The van der Waals surface area contributed by atoms with Gasteiger partial charge in [0.1, 0.15) is 23.2 Å². The highest BCUT2D eigenvalue weighted by Crippen LogP contribution is 2.37. The van der Waals surface area contributed by atoms with Crippen LogP contribution in [0.5, 0.6) is 11.5 Å². The van der Waals surface area contributed by atoms with Crippen molar-refractivity contribution in [1.29, 1.82) is 0 Å². The number of carboxylic acid groups (broad SMARTS) is 1. The van der Waals surface area contributed by atoms with E-state index in [1.807, 2.05) is 0 Å². The Morgan fingerprint density at radius 2 is 1.97 bits per heavy atom. The maximum atomic E-state index is 12.6. The lowest BCUT2D eigenvalue weighted by Crippen LogP contribution is -2.61. The average Bonchev–Trinajstić information content (AvgIpc) is 2.69. The number of aromatic carboxylic acids is 1. The van der Waals surface area contributed by atoms with E-state index in [1.54, 1.807) is 17.0 Å². The molecule has 2 heterocycles. The number of amides is 1. The molecule has 4 rings (SSSR count). The molecule has 1 aromatic rings. The van der Waals surface area contributed by atoms with Gasteiger partial charge >= 0.3 is 13.1 Å². The van der Waals surface area contributed by atoms with Crippen molar-refractivity contribution in [2.45, 2.75) is 57.0 Å². The second kappa shape index (κ2) is 8.24. The smallest absolute Gasteiger partial charge is 0.522 e. The number of carbonyl (C=O) groups excluding carboxylic acids is 1. The summed E-state index contributed by atoms with van der Waals surface area (Å²) in [7, 11) is -1.02. The molecule has 0 aromatic heterocycles. The van der Waals surface area contributed by atoms with Crippen molar-refractivity contribution in [3.8, 4) is 11.5 Å². The van der Waals surface area contributed by atoms with Crippen molar-refractivity contribution in [3.05, 3.63) is 23.3 Å². The Kier molecular flexibility index (Phi) is 5.69. The zero-order valence-electron chi connectivity index (χ0n) is 16.4. The van der Waals surface area contributed by atoms with Crippen LogP contribution in [-0.2, 0) is 11.2 Å². The summed E-state index contributed by atoms with van der Waals surface area (Å²) in [6, 6.07) is 2.93. The van der Waals surface area contributed by atoms with E-state index in [-0.39, 0.29) is 35.0 Å². The molecule has 1 atom stereocenters. The van der Waals surface area contributed by atoms with E-state index < -0.39 is 19.1 Å². The van der Waals surface area contributed by atoms with E-state index in [0.29, 0.717) is 25.8 Å². The molecule has 0 radical (unpaired) electrons. The minimum atomic E-state index is -1.17. The lowest BCUT2D eigenvalue weighted by Gasteiger charge is -2.41. The normalized spacial score (nSPS) is 21.0. The predicted octanol–water partition coefficient (Wildman–Crippen LogP) is 1.30. The first kappa shape index (κ1) is 20.0. The van der Waals surface area contributed by atoms with Crippen molar-refractivity contribution in [1.82, 2.24) is 4.90 Å². The first-order valence-electron chi connectivity index (χ1n) is 10.4. The summed E-state index contributed by atoms with van der Waals surface area (Å²) in [5, 5.41) is 19.4. The molecule has 2 fully saturated rings. The van der Waals surface area contributed by atoms with Gasteiger partial charge in [-0.1, -0.05) is 25.3 Å². The standard InChI is InChI=1S/C20H27BN2O6/c22-17(12-4-2-1-3-5-12)19(24)23-10-14(11-23)28-15-7-6-13-8-9-21(27)29-18(13)16(15)20(25)26/h6-7,12,14,17,27H,1-5,8-11,22H2,(H,25,26). The van der Waals surface area contributed by atoms with E-state index in [2.05, 4.69) is 0 Å². The number of nitrogens with two attached hydrogens (primary N) is 1. The molecule has 4 N–H and O–H groups in total. The summed E-state index contributed by atoms with van der Waals surface area (Å²) in [4.78, 5) is 26.1. The van der Waals surface area contributed by atoms with Crippen molar-refractivity contribution in [2.75, 3.05) is 13.1 Å². The number of ether oxygens (including phenoxy) is 1. The molecule has 156 valence electrons. The highest BCUT2D eigenvalue weighted by molar-refractivity contribution is 6.44. The number of carbonyl (C=O) groups is 2. The zero-order chi connectivity index (χ0) is 20.5. The highest BCUT2D eigenvalue weighted by Gasteiger charge is 2.38. The van der Waals surface area contributed by atoms with Gasteiger partial charge in [0, 0.05) is 0 Å². The molecule has 1 unspecified atom stereocenters. The second-order valence-electron chi connectivity index (χ2n) is 8.25. The minimum Gasteiger partial charge on any atom is -0.535 e. The quantitative estimate of drug-likeness (QED) is 0.635. The molecular formula is C20H27BN2O6. The zero-order valence-corrected chi connectivity index (χ0v) is 16.4. The fourth-order valence-corrected chi connectivity index (χ4v) is 4.49. The molecule has 1 saturated carbocycles. The Labute approximate surface area is 170 Å². The van der Waals surface area contributed by atoms with Crippen LogP contribution in [0.2, 0.25) is 6.32 Å². The van der Waals surface area contributed by atoms with Crippen LogP contribution in [0.25, 0.3) is 0 Å². The number of hydrogen-bond acceptors (Lipinski definition) is 6. The molecule has 8 nitrogen and oxygen atoms in total. The topological polar surface area (TPSA) is 122 Å². The van der Waals surface area contributed by atoms with Crippen LogP contribution < -0.4 is 15.1 Å². The van der Waals surface area contributed by atoms with Gasteiger partial charge in [0.15, 0.2) is 0 Å². The van der Waals surface area contributed by atoms with Gasteiger partial charge in [0.2, 0.25) is 5.91 Å². The number of nitrogens with zero attached hydrogens (tertiary/aromatic N) is 1. The molecular weight excluding hydrogens is 375 g/mol. The molecule has 1 saturated heterocycles. The number of carboxylic acids is 1. The Morgan fingerprint density at radius 1 is 1.24 bits per heavy atom. The number of likely N-dealkylation sites (tertiary alicyclic amines) is 1. The maximum absolute atomic E-state index is 12.6. The summed E-state index contributed by atoms with van der Waals surface area (Å²) in [5.74, 6) is -0.608. The summed E-state index contributed by atoms with van der Waals surface area (Å²) in [6.45, 7) is 0.776. The van der Waals surface area contributed by atoms with Gasteiger partial charge in [-0.2, -0.15) is 0 Å². The summed E-state index contributed by atoms with van der Waals surface area (Å²) >= 11 is 0. The number of fused-ring (bicyclic) bond motifs is 1. The van der Waals surface area contributed by atoms with Crippen LogP contribution in [0.3, 0.4) is 0 Å². The Hall–Kier alpha value is -2.26. The SMILES string of the molecule is NC(C(=O)N1CC(Oc2ccc3c(c2C(=O)O)OB(O)CC3)C1)C1CCCCC1. The van der Waals surface area contributed by atoms with Crippen LogP contribution >= 0.6 is 0 Å². The van der Waals surface area contributed by atoms with Gasteiger partial charge in [0.25, 0.3) is 0 Å². The molecule has 3 aliphatic rings. The molecule has 9 heteroatoms. The van der Waals surface area contributed by atoms with Gasteiger partial charge < -0.3 is 30.2 Å².